The van der Waals surface area contributed by atoms with Gasteiger partial charge in [-0.3, -0.25) is 4.79 Å². The van der Waals surface area contributed by atoms with E-state index in [1.54, 1.807) is 36.9 Å². The molecule has 1 aromatic heterocycles. The Kier molecular flexibility index (Phi) is 5.86. The molecule has 1 aliphatic rings. The summed E-state index contributed by atoms with van der Waals surface area (Å²) >= 11 is 1.58. The summed E-state index contributed by atoms with van der Waals surface area (Å²) in [6, 6.07) is 11.7. The first-order valence-electron chi connectivity index (χ1n) is 9.31. The minimum atomic E-state index is -0.530. The number of halogens is 1. The summed E-state index contributed by atoms with van der Waals surface area (Å²) in [5.74, 6) is 0.444. The molecule has 29 heavy (non-hydrogen) atoms. The topological polar surface area (TPSA) is 81.9 Å². The van der Waals surface area contributed by atoms with Crippen LogP contribution < -0.4 is 5.32 Å². The molecule has 0 saturated carbocycles. The number of hydrogen-bond donors (Lipinski definition) is 1. The molecule has 2 heterocycles. The molecule has 0 radical (unpaired) electrons. The third-order valence-electron chi connectivity index (χ3n) is 4.65. The molecule has 0 bridgehead atoms. The molecule has 2 aromatic carbocycles. The molecule has 3 aromatic rings. The second-order valence-corrected chi connectivity index (χ2v) is 7.76. The van der Waals surface area contributed by atoms with Crippen molar-refractivity contribution < 1.29 is 13.9 Å². The van der Waals surface area contributed by atoms with E-state index in [1.165, 1.54) is 16.8 Å². The maximum Gasteiger partial charge on any atom is 0.256 e. The Hall–Kier alpha value is -2.78. The zero-order valence-electron chi connectivity index (χ0n) is 15.8. The van der Waals surface area contributed by atoms with Crippen molar-refractivity contribution in [3.63, 3.8) is 0 Å². The Labute approximate surface area is 171 Å². The number of anilines is 1. The summed E-state index contributed by atoms with van der Waals surface area (Å²) in [4.78, 5) is 13.7. The van der Waals surface area contributed by atoms with E-state index < -0.39 is 5.82 Å². The predicted molar refractivity (Wildman–Crippen MR) is 108 cm³/mol. The van der Waals surface area contributed by atoms with E-state index in [4.69, 9.17) is 4.74 Å². The quantitative estimate of drug-likeness (QED) is 0.622. The Morgan fingerprint density at radius 2 is 2.21 bits per heavy atom. The Bertz CT molecular complexity index is 1020. The van der Waals surface area contributed by atoms with Crippen LogP contribution in [0.15, 0.2) is 47.4 Å². The molecular weight excluding hydrogens is 393 g/mol. The molecule has 7 nitrogen and oxygen atoms in total. The zero-order valence-corrected chi connectivity index (χ0v) is 16.7. The lowest BCUT2D eigenvalue weighted by Gasteiger charge is -2.13. The molecular formula is C20H20FN5O2S. The van der Waals surface area contributed by atoms with Gasteiger partial charge in [0.05, 0.1) is 23.0 Å². The first-order chi connectivity index (χ1) is 14.1. The van der Waals surface area contributed by atoms with E-state index in [1.807, 2.05) is 12.1 Å². The average Bonchev–Trinajstić information content (AvgIpc) is 3.40. The van der Waals surface area contributed by atoms with Crippen molar-refractivity contribution in [2.24, 2.45) is 0 Å². The standard InChI is InChI=1S/C20H20FN5O2S/c1-13-23-24-25-26(13)14-8-9-17(21)18(11-14)22-20(27)16-6-2-3-7-19(16)29-12-15-5-4-10-28-15/h2-3,6-9,11,15H,4-5,10,12H2,1H3,(H,22,27). The highest BCUT2D eigenvalue weighted by Gasteiger charge is 2.19. The molecule has 1 aliphatic heterocycles. The van der Waals surface area contributed by atoms with Crippen LogP contribution in [0.4, 0.5) is 10.1 Å². The number of thioether (sulfide) groups is 1. The highest BCUT2D eigenvalue weighted by atomic mass is 32.2. The lowest BCUT2D eigenvalue weighted by Crippen LogP contribution is -2.15. The largest absolute Gasteiger partial charge is 0.377 e. The number of rotatable bonds is 6. The maximum atomic E-state index is 14.3. The van der Waals surface area contributed by atoms with Crippen LogP contribution in [0.5, 0.6) is 0 Å². The van der Waals surface area contributed by atoms with Gasteiger partial charge in [-0.1, -0.05) is 12.1 Å². The van der Waals surface area contributed by atoms with Gasteiger partial charge in [-0.2, -0.15) is 4.68 Å². The lowest BCUT2D eigenvalue weighted by molar-refractivity contribution is 0.102. The molecule has 4 rings (SSSR count). The van der Waals surface area contributed by atoms with Crippen molar-refractivity contribution in [2.75, 3.05) is 17.7 Å². The molecule has 1 amide bonds. The van der Waals surface area contributed by atoms with Crippen molar-refractivity contribution in [2.45, 2.75) is 30.8 Å². The summed E-state index contributed by atoms with van der Waals surface area (Å²) in [5.41, 5.74) is 1.13. The van der Waals surface area contributed by atoms with Gasteiger partial charge in [0.15, 0.2) is 5.82 Å². The highest BCUT2D eigenvalue weighted by Crippen LogP contribution is 2.28. The zero-order chi connectivity index (χ0) is 20.2. The molecule has 1 N–H and O–H groups in total. The van der Waals surface area contributed by atoms with Gasteiger partial charge in [0.1, 0.15) is 5.82 Å². The van der Waals surface area contributed by atoms with Crippen LogP contribution in [-0.4, -0.2) is 44.6 Å². The van der Waals surface area contributed by atoms with Crippen molar-refractivity contribution in [3.8, 4) is 5.69 Å². The van der Waals surface area contributed by atoms with Crippen LogP contribution in [0.2, 0.25) is 0 Å². The van der Waals surface area contributed by atoms with Gasteiger partial charge in [-0.25, -0.2) is 4.39 Å². The second-order valence-electron chi connectivity index (χ2n) is 6.70. The molecule has 1 saturated heterocycles. The molecule has 150 valence electrons. The van der Waals surface area contributed by atoms with E-state index in [0.29, 0.717) is 17.1 Å². The van der Waals surface area contributed by atoms with E-state index in [-0.39, 0.29) is 17.7 Å². The Balaban J connectivity index is 1.53. The first-order valence-corrected chi connectivity index (χ1v) is 10.3. The van der Waals surface area contributed by atoms with Crippen molar-refractivity contribution >= 4 is 23.4 Å². The van der Waals surface area contributed by atoms with Gasteiger partial charge in [-0.05, 0) is 60.5 Å². The van der Waals surface area contributed by atoms with Gasteiger partial charge in [-0.15, -0.1) is 16.9 Å². The van der Waals surface area contributed by atoms with Crippen molar-refractivity contribution in [1.29, 1.82) is 0 Å². The number of ether oxygens (including phenoxy) is 1. The first kappa shape index (κ1) is 19.5. The van der Waals surface area contributed by atoms with Crippen LogP contribution in [0.3, 0.4) is 0 Å². The van der Waals surface area contributed by atoms with Crippen LogP contribution in [0.1, 0.15) is 29.0 Å². The van der Waals surface area contributed by atoms with E-state index in [9.17, 15) is 9.18 Å². The van der Waals surface area contributed by atoms with Gasteiger partial charge in [0.2, 0.25) is 0 Å². The number of hydrogen-bond acceptors (Lipinski definition) is 6. The average molecular weight is 413 g/mol. The SMILES string of the molecule is Cc1nnnn1-c1ccc(F)c(NC(=O)c2ccccc2SCC2CCCO2)c1. The van der Waals surface area contributed by atoms with Gasteiger partial charge in [0.25, 0.3) is 5.91 Å². The summed E-state index contributed by atoms with van der Waals surface area (Å²) < 4.78 is 21.5. The number of nitrogens with zero attached hydrogens (tertiary/aromatic N) is 4. The fraction of sp³-hybridized carbons (Fsp3) is 0.300. The lowest BCUT2D eigenvalue weighted by atomic mass is 10.2. The van der Waals surface area contributed by atoms with Crippen LogP contribution in [0.25, 0.3) is 5.69 Å². The summed E-state index contributed by atoms with van der Waals surface area (Å²) in [5, 5.41) is 14.0. The summed E-state index contributed by atoms with van der Waals surface area (Å²) in [6.45, 7) is 2.53. The molecule has 1 fully saturated rings. The minimum Gasteiger partial charge on any atom is -0.377 e. The highest BCUT2D eigenvalue weighted by molar-refractivity contribution is 7.99. The number of aryl methyl sites for hydroxylation is 1. The molecule has 1 unspecified atom stereocenters. The van der Waals surface area contributed by atoms with Crippen LogP contribution in [0, 0.1) is 12.7 Å². The number of carbonyl (C=O) groups excluding carboxylic acids is 1. The third kappa shape index (κ3) is 4.46. The van der Waals surface area contributed by atoms with Gasteiger partial charge < -0.3 is 10.1 Å². The Morgan fingerprint density at radius 1 is 1.34 bits per heavy atom. The van der Waals surface area contributed by atoms with Crippen LogP contribution in [-0.2, 0) is 4.74 Å². The molecule has 1 atom stereocenters. The number of tetrazole rings is 1. The molecule has 0 spiro atoms. The number of amides is 1. The van der Waals surface area contributed by atoms with Gasteiger partial charge in [0, 0.05) is 17.3 Å². The number of nitrogens with one attached hydrogen (secondary N) is 1. The minimum absolute atomic E-state index is 0.0707. The van der Waals surface area contributed by atoms with Crippen molar-refractivity contribution in [1.82, 2.24) is 20.2 Å². The monoisotopic (exact) mass is 413 g/mol. The third-order valence-corrected chi connectivity index (χ3v) is 5.85. The van der Waals surface area contributed by atoms with E-state index in [2.05, 4.69) is 20.8 Å². The predicted octanol–water partition coefficient (Wildman–Crippen LogP) is 3.63. The fourth-order valence-corrected chi connectivity index (χ4v) is 4.26. The normalized spacial score (nSPS) is 16.1. The summed E-state index contributed by atoms with van der Waals surface area (Å²) in [7, 11) is 0. The van der Waals surface area contributed by atoms with E-state index >= 15 is 0 Å². The van der Waals surface area contributed by atoms with E-state index in [0.717, 1.165) is 30.1 Å². The molecule has 0 aliphatic carbocycles. The number of carbonyl (C=O) groups is 1. The Morgan fingerprint density at radius 3 is 2.97 bits per heavy atom. The van der Waals surface area contributed by atoms with Gasteiger partial charge >= 0.3 is 0 Å². The van der Waals surface area contributed by atoms with Crippen LogP contribution >= 0.6 is 11.8 Å². The second kappa shape index (κ2) is 8.71. The number of benzene rings is 2. The smallest absolute Gasteiger partial charge is 0.256 e. The molecule has 9 heteroatoms. The fourth-order valence-electron chi connectivity index (χ4n) is 3.14. The number of aromatic nitrogens is 4. The maximum absolute atomic E-state index is 14.3. The van der Waals surface area contributed by atoms with Crippen molar-refractivity contribution in [3.05, 3.63) is 59.7 Å². The summed E-state index contributed by atoms with van der Waals surface area (Å²) in [6.07, 6.45) is 2.32.